The van der Waals surface area contributed by atoms with Crippen LogP contribution in [-0.2, 0) is 19.1 Å². The van der Waals surface area contributed by atoms with Gasteiger partial charge in [0, 0.05) is 5.41 Å². The van der Waals surface area contributed by atoms with Crippen molar-refractivity contribution in [2.45, 2.75) is 86.7 Å². The molecule has 0 spiro atoms. The number of carbonyl (C=O) groups excluding carboxylic acids is 3. The van der Waals surface area contributed by atoms with E-state index in [0.717, 1.165) is 25.7 Å². The number of aliphatic hydroxyl groups excluding tert-OH is 1. The fourth-order valence-corrected chi connectivity index (χ4v) is 8.64. The maximum atomic E-state index is 14.0. The molecule has 172 valence electrons. The summed E-state index contributed by atoms with van der Waals surface area (Å²) in [7, 11) is 1.29. The monoisotopic (exact) mass is 430 g/mol. The van der Waals surface area contributed by atoms with E-state index in [2.05, 4.69) is 27.7 Å². The number of fused-ring (bicyclic) bond motifs is 6. The second-order valence-corrected chi connectivity index (χ2v) is 12.3. The molecular formula is C26H38O5. The van der Waals surface area contributed by atoms with Gasteiger partial charge in [-0.2, -0.15) is 0 Å². The zero-order chi connectivity index (χ0) is 23.4. The molecule has 4 aliphatic rings. The Morgan fingerprint density at radius 3 is 2.19 bits per heavy atom. The van der Waals surface area contributed by atoms with Crippen molar-refractivity contribution in [2.24, 2.45) is 38.9 Å². The Hall–Kier alpha value is -1.49. The predicted octanol–water partition coefficient (Wildman–Crippen LogP) is 4.26. The maximum absolute atomic E-state index is 14.0. The van der Waals surface area contributed by atoms with E-state index in [9.17, 15) is 19.5 Å². The minimum Gasteiger partial charge on any atom is -0.465 e. The first kappa shape index (κ1) is 22.7. The van der Waals surface area contributed by atoms with Crippen molar-refractivity contribution in [3.8, 4) is 0 Å². The molecule has 0 heterocycles. The molecule has 0 radical (unpaired) electrons. The largest absolute Gasteiger partial charge is 0.465 e. The van der Waals surface area contributed by atoms with Gasteiger partial charge in [0.25, 0.3) is 0 Å². The van der Waals surface area contributed by atoms with Crippen LogP contribution >= 0.6 is 0 Å². The summed E-state index contributed by atoms with van der Waals surface area (Å²) in [6.07, 6.45) is 3.55. The van der Waals surface area contributed by atoms with E-state index in [0.29, 0.717) is 17.9 Å². The lowest BCUT2D eigenvalue weighted by atomic mass is 9.32. The van der Waals surface area contributed by atoms with Crippen molar-refractivity contribution in [1.29, 1.82) is 0 Å². The summed E-state index contributed by atoms with van der Waals surface area (Å²) in [6.45, 7) is 14.3. The second kappa shape index (κ2) is 6.30. The Bertz CT molecular complexity index is 915. The summed E-state index contributed by atoms with van der Waals surface area (Å²) < 4.78 is 4.98. The van der Waals surface area contributed by atoms with Gasteiger partial charge in [-0.3, -0.25) is 9.59 Å². The first-order valence-corrected chi connectivity index (χ1v) is 11.7. The van der Waals surface area contributed by atoms with Crippen LogP contribution in [0, 0.1) is 38.9 Å². The lowest BCUT2D eigenvalue weighted by Crippen LogP contribution is -2.71. The van der Waals surface area contributed by atoms with Gasteiger partial charge in [-0.1, -0.05) is 27.7 Å². The fourth-order valence-electron chi connectivity index (χ4n) is 8.64. The van der Waals surface area contributed by atoms with Crippen LogP contribution in [0.4, 0.5) is 0 Å². The van der Waals surface area contributed by atoms with Gasteiger partial charge in [-0.25, -0.2) is 4.79 Å². The number of hydrogen-bond acceptors (Lipinski definition) is 5. The highest BCUT2D eigenvalue weighted by Gasteiger charge is 2.75. The molecule has 0 aromatic carbocycles. The molecule has 7 atom stereocenters. The lowest BCUT2D eigenvalue weighted by molar-refractivity contribution is -0.220. The van der Waals surface area contributed by atoms with Crippen LogP contribution in [0.25, 0.3) is 0 Å². The Morgan fingerprint density at radius 1 is 1.00 bits per heavy atom. The van der Waals surface area contributed by atoms with Crippen molar-refractivity contribution in [3.05, 3.63) is 11.1 Å². The van der Waals surface area contributed by atoms with E-state index in [1.165, 1.54) is 7.11 Å². The van der Waals surface area contributed by atoms with Crippen molar-refractivity contribution in [1.82, 2.24) is 0 Å². The van der Waals surface area contributed by atoms with E-state index in [-0.39, 0.29) is 40.0 Å². The molecule has 31 heavy (non-hydrogen) atoms. The number of esters is 1. The standard InChI is InChI=1S/C26H38O5/c1-14-18(20(29)31-8)19(28)26(7)21(30)24(14,5)13-16-23(4)11-10-17(27)22(2,3)15(23)9-12-25(16,26)6/h15-17,27H,9-13H2,1-8H3/t15-,16+,17-,23-,24-,25+,26+/m1/s1. The van der Waals surface area contributed by atoms with Gasteiger partial charge in [0.1, 0.15) is 5.57 Å². The third kappa shape index (κ3) is 2.34. The number of carbonyl (C=O) groups is 3. The zero-order valence-electron chi connectivity index (χ0n) is 20.3. The van der Waals surface area contributed by atoms with Gasteiger partial charge in [0.05, 0.1) is 18.6 Å². The van der Waals surface area contributed by atoms with Crippen molar-refractivity contribution < 1.29 is 24.2 Å². The number of Topliss-reactive ketones (excluding diaryl/α,β-unsaturated/α-hetero) is 2. The van der Waals surface area contributed by atoms with Gasteiger partial charge >= 0.3 is 5.97 Å². The highest BCUT2D eigenvalue weighted by Crippen LogP contribution is 2.74. The average molecular weight is 431 g/mol. The molecule has 4 rings (SSSR count). The molecule has 0 aromatic heterocycles. The normalized spacial score (nSPS) is 48.7. The van der Waals surface area contributed by atoms with Crippen LogP contribution in [0.1, 0.15) is 80.6 Å². The van der Waals surface area contributed by atoms with Crippen molar-refractivity contribution in [3.63, 3.8) is 0 Å². The van der Waals surface area contributed by atoms with E-state index in [1.54, 1.807) is 13.8 Å². The van der Waals surface area contributed by atoms with Gasteiger partial charge in [0.15, 0.2) is 11.6 Å². The van der Waals surface area contributed by atoms with Crippen LogP contribution in [0.2, 0.25) is 0 Å². The summed E-state index contributed by atoms with van der Waals surface area (Å²) in [5, 5.41) is 10.8. The topological polar surface area (TPSA) is 80.7 Å². The van der Waals surface area contributed by atoms with Gasteiger partial charge in [0.2, 0.25) is 0 Å². The molecule has 0 aromatic rings. The first-order valence-electron chi connectivity index (χ1n) is 11.7. The zero-order valence-corrected chi connectivity index (χ0v) is 20.3. The summed E-state index contributed by atoms with van der Waals surface area (Å²) in [4.78, 5) is 40.5. The Kier molecular flexibility index (Phi) is 4.61. The van der Waals surface area contributed by atoms with E-state index in [4.69, 9.17) is 4.74 Å². The number of hydrogen-bond donors (Lipinski definition) is 1. The van der Waals surface area contributed by atoms with Crippen LogP contribution in [0.15, 0.2) is 11.1 Å². The molecular weight excluding hydrogens is 392 g/mol. The number of allylic oxidation sites excluding steroid dienone is 1. The minimum atomic E-state index is -1.25. The third-order valence-corrected chi connectivity index (χ3v) is 11.0. The molecule has 4 aliphatic carbocycles. The fraction of sp³-hybridized carbons (Fsp3) is 0.808. The molecule has 3 fully saturated rings. The summed E-state index contributed by atoms with van der Waals surface area (Å²) in [6, 6.07) is 0. The molecule has 0 aliphatic heterocycles. The highest BCUT2D eigenvalue weighted by molar-refractivity contribution is 6.30. The number of ketones is 2. The van der Waals surface area contributed by atoms with Crippen LogP contribution in [0.3, 0.4) is 0 Å². The molecule has 1 N–H and O–H groups in total. The summed E-state index contributed by atoms with van der Waals surface area (Å²) in [5.74, 6) is -0.551. The third-order valence-electron chi connectivity index (χ3n) is 11.0. The van der Waals surface area contributed by atoms with Crippen molar-refractivity contribution >= 4 is 17.5 Å². The quantitative estimate of drug-likeness (QED) is 0.382. The molecule has 2 bridgehead atoms. The molecule has 0 unspecified atom stereocenters. The molecule has 0 amide bonds. The number of rotatable bonds is 1. The molecule has 5 nitrogen and oxygen atoms in total. The molecule has 0 saturated heterocycles. The highest BCUT2D eigenvalue weighted by atomic mass is 16.5. The van der Waals surface area contributed by atoms with E-state index < -0.39 is 22.2 Å². The van der Waals surface area contributed by atoms with Crippen LogP contribution in [-0.4, -0.2) is 35.9 Å². The van der Waals surface area contributed by atoms with E-state index in [1.807, 2.05) is 6.92 Å². The van der Waals surface area contributed by atoms with Crippen molar-refractivity contribution in [2.75, 3.05) is 7.11 Å². The van der Waals surface area contributed by atoms with Gasteiger partial charge in [-0.05, 0) is 86.5 Å². The Labute approximate surface area is 186 Å². The molecule has 3 saturated carbocycles. The number of ether oxygens (including phenoxy) is 1. The average Bonchev–Trinajstić information content (AvgIpc) is 2.70. The Morgan fingerprint density at radius 2 is 1.61 bits per heavy atom. The second-order valence-electron chi connectivity index (χ2n) is 12.3. The number of methoxy groups -OCH3 is 1. The van der Waals surface area contributed by atoms with E-state index >= 15 is 0 Å². The summed E-state index contributed by atoms with van der Waals surface area (Å²) >= 11 is 0. The smallest absolute Gasteiger partial charge is 0.341 e. The summed E-state index contributed by atoms with van der Waals surface area (Å²) in [5.41, 5.74) is -2.29. The van der Waals surface area contributed by atoms with Gasteiger partial charge < -0.3 is 9.84 Å². The predicted molar refractivity (Wildman–Crippen MR) is 117 cm³/mol. The SMILES string of the molecule is COC(=O)C1=C(C)[C@@]2(C)C[C@H]3[C@]4(C)CC[C@@H](O)C(C)(C)[C@H]4CC[C@]3(C)[C@@](C)(C1=O)C2=O. The maximum Gasteiger partial charge on any atom is 0.341 e. The first-order chi connectivity index (χ1) is 14.1. The van der Waals surface area contributed by atoms with Crippen LogP contribution < -0.4 is 0 Å². The molecule has 5 heteroatoms. The minimum absolute atomic E-state index is 0.0361. The lowest BCUT2D eigenvalue weighted by Gasteiger charge is -2.70. The Balaban J connectivity index is 1.95. The number of aliphatic hydroxyl groups is 1. The van der Waals surface area contributed by atoms with Gasteiger partial charge in [-0.15, -0.1) is 0 Å². The van der Waals surface area contributed by atoms with Crippen LogP contribution in [0.5, 0.6) is 0 Å².